The Balaban J connectivity index is 1.97. The number of ether oxygens (including phenoxy) is 1. The van der Waals surface area contributed by atoms with E-state index in [1.165, 1.54) is 28.9 Å². The zero-order chi connectivity index (χ0) is 15.0. The van der Waals surface area contributed by atoms with Crippen LogP contribution in [-0.4, -0.2) is 16.0 Å². The van der Waals surface area contributed by atoms with Gasteiger partial charge in [-0.25, -0.2) is 0 Å². The highest BCUT2D eigenvalue weighted by atomic mass is 19.4. The Morgan fingerprint density at radius 3 is 2.43 bits per heavy atom. The van der Waals surface area contributed by atoms with E-state index in [2.05, 4.69) is 9.72 Å². The van der Waals surface area contributed by atoms with Crippen molar-refractivity contribution in [1.82, 2.24) is 9.66 Å². The predicted octanol–water partition coefficient (Wildman–Crippen LogP) is 3.32. The number of alkyl halides is 3. The molecule has 7 heteroatoms. The van der Waals surface area contributed by atoms with Crippen molar-refractivity contribution in [1.29, 1.82) is 0 Å². The second-order valence-electron chi connectivity index (χ2n) is 4.41. The summed E-state index contributed by atoms with van der Waals surface area (Å²) in [5.74, 6) is 5.71. The quantitative estimate of drug-likeness (QED) is 0.737. The monoisotopic (exact) mass is 293 g/mol. The van der Waals surface area contributed by atoms with Crippen molar-refractivity contribution in [2.45, 2.75) is 6.36 Å². The molecule has 2 N–H and O–H groups in total. The van der Waals surface area contributed by atoms with E-state index >= 15 is 0 Å². The number of fused-ring (bicyclic) bond motifs is 1. The lowest BCUT2D eigenvalue weighted by atomic mass is 10.1. The highest BCUT2D eigenvalue weighted by Gasteiger charge is 2.31. The van der Waals surface area contributed by atoms with Crippen LogP contribution in [0.15, 0.2) is 48.8 Å². The molecule has 0 fully saturated rings. The first-order valence-electron chi connectivity index (χ1n) is 6.01. The summed E-state index contributed by atoms with van der Waals surface area (Å²) in [5.41, 5.74) is 2.10. The second kappa shape index (κ2) is 4.69. The Labute approximate surface area is 117 Å². The highest BCUT2D eigenvalue weighted by Crippen LogP contribution is 2.29. The summed E-state index contributed by atoms with van der Waals surface area (Å²) < 4.78 is 41.6. The van der Waals surface area contributed by atoms with Crippen LogP contribution in [0.5, 0.6) is 5.75 Å². The maximum absolute atomic E-state index is 12.1. The molecule has 108 valence electrons. The van der Waals surface area contributed by atoms with E-state index in [4.69, 9.17) is 5.84 Å². The molecule has 0 saturated carbocycles. The number of nitrogens with two attached hydrogens (primary N) is 1. The van der Waals surface area contributed by atoms with Gasteiger partial charge in [0.15, 0.2) is 0 Å². The fraction of sp³-hybridized carbons (Fsp3) is 0.0714. The van der Waals surface area contributed by atoms with Crippen LogP contribution in [-0.2, 0) is 0 Å². The molecule has 21 heavy (non-hydrogen) atoms. The van der Waals surface area contributed by atoms with Gasteiger partial charge in [-0.2, -0.15) is 0 Å². The second-order valence-corrected chi connectivity index (χ2v) is 4.41. The Morgan fingerprint density at radius 1 is 1.10 bits per heavy atom. The van der Waals surface area contributed by atoms with Crippen LogP contribution in [0, 0.1) is 0 Å². The number of aromatic nitrogens is 2. The molecule has 3 aromatic rings. The average Bonchev–Trinajstić information content (AvgIpc) is 2.76. The molecule has 0 aliphatic rings. The fourth-order valence-corrected chi connectivity index (χ4v) is 2.12. The molecule has 0 spiro atoms. The van der Waals surface area contributed by atoms with Crippen molar-refractivity contribution in [2.75, 3.05) is 5.84 Å². The third-order valence-corrected chi connectivity index (χ3v) is 3.03. The molecule has 2 heterocycles. The topological polar surface area (TPSA) is 53.1 Å². The van der Waals surface area contributed by atoms with Gasteiger partial charge in [0.1, 0.15) is 5.75 Å². The van der Waals surface area contributed by atoms with Gasteiger partial charge < -0.3 is 10.6 Å². The van der Waals surface area contributed by atoms with Crippen molar-refractivity contribution < 1.29 is 17.9 Å². The van der Waals surface area contributed by atoms with Gasteiger partial charge in [-0.15, -0.1) is 13.2 Å². The lowest BCUT2D eigenvalue weighted by molar-refractivity contribution is -0.274. The van der Waals surface area contributed by atoms with E-state index in [1.54, 1.807) is 12.4 Å². The number of benzene rings is 1. The van der Waals surface area contributed by atoms with Gasteiger partial charge in [0.2, 0.25) is 0 Å². The SMILES string of the molecule is Nn1c(-c2ccc(OC(F)(F)F)cc2)cc2ccncc21. The lowest BCUT2D eigenvalue weighted by Gasteiger charge is -2.09. The number of nitrogen functional groups attached to an aromatic ring is 1. The Kier molecular flexibility index (Phi) is 2.97. The molecule has 0 aliphatic carbocycles. The van der Waals surface area contributed by atoms with Crippen molar-refractivity contribution in [3.63, 3.8) is 0 Å². The van der Waals surface area contributed by atoms with E-state index in [0.29, 0.717) is 11.3 Å². The number of halogens is 3. The van der Waals surface area contributed by atoms with Crippen molar-refractivity contribution in [2.24, 2.45) is 0 Å². The molecule has 0 unspecified atom stereocenters. The molecule has 0 bridgehead atoms. The molecule has 3 rings (SSSR count). The molecule has 2 aromatic heterocycles. The largest absolute Gasteiger partial charge is 0.573 e. The van der Waals surface area contributed by atoms with Gasteiger partial charge in [0.25, 0.3) is 0 Å². The Bertz CT molecular complexity index is 778. The standard InChI is InChI=1S/C14H10F3N3O/c15-14(16,17)21-11-3-1-9(2-4-11)12-7-10-5-6-19-8-13(10)20(12)18/h1-8H,18H2. The summed E-state index contributed by atoms with van der Waals surface area (Å²) in [7, 11) is 0. The first-order chi connectivity index (χ1) is 9.94. The molecule has 1 aromatic carbocycles. The zero-order valence-electron chi connectivity index (χ0n) is 10.6. The first kappa shape index (κ1) is 13.3. The number of nitrogens with zero attached hydrogens (tertiary/aromatic N) is 2. The minimum Gasteiger partial charge on any atom is -0.406 e. The fourth-order valence-electron chi connectivity index (χ4n) is 2.12. The minimum atomic E-state index is -4.70. The average molecular weight is 293 g/mol. The van der Waals surface area contributed by atoms with Crippen LogP contribution < -0.4 is 10.6 Å². The van der Waals surface area contributed by atoms with E-state index < -0.39 is 6.36 Å². The zero-order valence-corrected chi connectivity index (χ0v) is 10.6. The van der Waals surface area contributed by atoms with Crippen LogP contribution in [0.2, 0.25) is 0 Å². The molecular weight excluding hydrogens is 283 g/mol. The van der Waals surface area contributed by atoms with E-state index in [9.17, 15) is 13.2 Å². The maximum Gasteiger partial charge on any atom is 0.573 e. The normalized spacial score (nSPS) is 11.8. The Hall–Kier alpha value is -2.70. The summed E-state index contributed by atoms with van der Waals surface area (Å²) in [4.78, 5) is 3.99. The maximum atomic E-state index is 12.1. The third-order valence-electron chi connectivity index (χ3n) is 3.03. The molecule has 0 atom stereocenters. The highest BCUT2D eigenvalue weighted by molar-refractivity contribution is 5.86. The van der Waals surface area contributed by atoms with Crippen LogP contribution in [0.3, 0.4) is 0 Å². The number of hydrogen-bond acceptors (Lipinski definition) is 3. The van der Waals surface area contributed by atoms with Crippen LogP contribution in [0.1, 0.15) is 0 Å². The molecule has 0 radical (unpaired) electrons. The van der Waals surface area contributed by atoms with Gasteiger partial charge in [-0.3, -0.25) is 9.66 Å². The van der Waals surface area contributed by atoms with Crippen molar-refractivity contribution >= 4 is 10.9 Å². The summed E-state index contributed by atoms with van der Waals surface area (Å²) in [6.45, 7) is 0. The Morgan fingerprint density at radius 2 is 1.81 bits per heavy atom. The summed E-state index contributed by atoms with van der Waals surface area (Å²) in [5, 5.41) is 0.901. The summed E-state index contributed by atoms with van der Waals surface area (Å²) in [6.07, 6.45) is -1.43. The van der Waals surface area contributed by atoms with Gasteiger partial charge >= 0.3 is 6.36 Å². The summed E-state index contributed by atoms with van der Waals surface area (Å²) in [6, 6.07) is 9.19. The van der Waals surface area contributed by atoms with Crippen molar-refractivity contribution in [3.8, 4) is 17.0 Å². The van der Waals surface area contributed by atoms with Gasteiger partial charge in [0.05, 0.1) is 17.4 Å². The molecule has 4 nitrogen and oxygen atoms in total. The van der Waals surface area contributed by atoms with Crippen LogP contribution >= 0.6 is 0 Å². The predicted molar refractivity (Wildman–Crippen MR) is 72.0 cm³/mol. The smallest absolute Gasteiger partial charge is 0.406 e. The molecule has 0 aliphatic heterocycles. The van der Waals surface area contributed by atoms with E-state index in [0.717, 1.165) is 10.9 Å². The van der Waals surface area contributed by atoms with Gasteiger partial charge in [-0.1, -0.05) is 0 Å². The lowest BCUT2D eigenvalue weighted by Crippen LogP contribution is -2.17. The number of hydrogen-bond donors (Lipinski definition) is 1. The number of rotatable bonds is 2. The molecular formula is C14H10F3N3O. The van der Waals surface area contributed by atoms with E-state index in [1.807, 2.05) is 12.1 Å². The van der Waals surface area contributed by atoms with Gasteiger partial charge in [-0.05, 0) is 36.4 Å². The van der Waals surface area contributed by atoms with Crippen LogP contribution in [0.25, 0.3) is 22.2 Å². The first-order valence-corrected chi connectivity index (χ1v) is 6.01. The van der Waals surface area contributed by atoms with Gasteiger partial charge in [0, 0.05) is 17.1 Å². The third kappa shape index (κ3) is 2.62. The van der Waals surface area contributed by atoms with Crippen LogP contribution in [0.4, 0.5) is 13.2 Å². The summed E-state index contributed by atoms with van der Waals surface area (Å²) >= 11 is 0. The molecule has 0 amide bonds. The number of pyridine rings is 1. The van der Waals surface area contributed by atoms with E-state index in [-0.39, 0.29) is 5.75 Å². The van der Waals surface area contributed by atoms with Crippen molar-refractivity contribution in [3.05, 3.63) is 48.8 Å². The minimum absolute atomic E-state index is 0.271. The molecule has 0 saturated heterocycles.